The molecule has 0 saturated carbocycles. The highest BCUT2D eigenvalue weighted by Crippen LogP contribution is 2.25. The van der Waals surface area contributed by atoms with Crippen molar-refractivity contribution in [1.82, 2.24) is 9.29 Å². The van der Waals surface area contributed by atoms with Gasteiger partial charge >= 0.3 is 5.97 Å². The summed E-state index contributed by atoms with van der Waals surface area (Å²) in [4.78, 5) is 28.8. The van der Waals surface area contributed by atoms with Gasteiger partial charge in [-0.25, -0.2) is 8.42 Å². The standard InChI is InChI=1S/C22H24N2O5S/c25-21(19-7-6-16-3-1-4-18(16)13-19)15-29-22(26)17-8-11-24(12-9-17)30(27,28)20-5-2-10-23-14-20/h2,5-7,10,13-14,17H,1,3-4,8-9,11-12,15H2. The number of esters is 1. The maximum absolute atomic E-state index is 12.6. The lowest BCUT2D eigenvalue weighted by Gasteiger charge is -2.29. The summed E-state index contributed by atoms with van der Waals surface area (Å²) in [5.41, 5.74) is 3.06. The highest BCUT2D eigenvalue weighted by Gasteiger charge is 2.33. The third kappa shape index (κ3) is 4.29. The molecular formula is C22H24N2O5S. The summed E-state index contributed by atoms with van der Waals surface area (Å²) in [6.45, 7) is 0.178. The first-order valence-electron chi connectivity index (χ1n) is 10.2. The second-order valence-electron chi connectivity index (χ2n) is 7.74. The molecule has 1 aliphatic carbocycles. The molecule has 7 nitrogen and oxygen atoms in total. The molecule has 0 N–H and O–H groups in total. The van der Waals surface area contributed by atoms with Gasteiger partial charge in [0.2, 0.25) is 10.0 Å². The highest BCUT2D eigenvalue weighted by atomic mass is 32.2. The van der Waals surface area contributed by atoms with E-state index >= 15 is 0 Å². The Bertz CT molecular complexity index is 1040. The van der Waals surface area contributed by atoms with Crippen molar-refractivity contribution in [2.75, 3.05) is 19.7 Å². The molecule has 1 saturated heterocycles. The largest absolute Gasteiger partial charge is 0.457 e. The summed E-state index contributed by atoms with van der Waals surface area (Å²) < 4.78 is 31.9. The van der Waals surface area contributed by atoms with Gasteiger partial charge in [-0.3, -0.25) is 14.6 Å². The van der Waals surface area contributed by atoms with E-state index in [0.29, 0.717) is 18.4 Å². The molecule has 2 aliphatic rings. The molecular weight excluding hydrogens is 404 g/mol. The lowest BCUT2D eigenvalue weighted by atomic mass is 9.98. The third-order valence-corrected chi connectivity index (χ3v) is 7.71. The minimum Gasteiger partial charge on any atom is -0.457 e. The SMILES string of the molecule is O=C(COC(=O)C1CCN(S(=O)(=O)c2cccnc2)CC1)c1ccc2c(c1)CCC2. The molecule has 0 amide bonds. The van der Waals surface area contributed by atoms with Crippen LogP contribution in [0.15, 0.2) is 47.6 Å². The summed E-state index contributed by atoms with van der Waals surface area (Å²) in [6.07, 6.45) is 6.71. The number of carbonyl (C=O) groups excluding carboxylic acids is 2. The lowest BCUT2D eigenvalue weighted by molar-refractivity contribution is -0.148. The normalized spacial score (nSPS) is 17.5. The lowest BCUT2D eigenvalue weighted by Crippen LogP contribution is -2.40. The number of rotatable bonds is 6. The second-order valence-corrected chi connectivity index (χ2v) is 9.67. The van der Waals surface area contributed by atoms with Gasteiger partial charge in [-0.15, -0.1) is 0 Å². The molecule has 30 heavy (non-hydrogen) atoms. The number of benzene rings is 1. The maximum atomic E-state index is 12.6. The number of Topliss-reactive ketones (excluding diaryl/α,β-unsaturated/α-hetero) is 1. The van der Waals surface area contributed by atoms with E-state index in [1.165, 1.54) is 33.9 Å². The van der Waals surface area contributed by atoms with Crippen molar-refractivity contribution in [1.29, 1.82) is 0 Å². The Morgan fingerprint density at radius 2 is 1.87 bits per heavy atom. The predicted molar refractivity (Wildman–Crippen MR) is 109 cm³/mol. The number of ketones is 1. The van der Waals surface area contributed by atoms with E-state index < -0.39 is 21.9 Å². The molecule has 1 aliphatic heterocycles. The van der Waals surface area contributed by atoms with Crippen molar-refractivity contribution < 1.29 is 22.7 Å². The fourth-order valence-corrected chi connectivity index (χ4v) is 5.50. The van der Waals surface area contributed by atoms with Gasteiger partial charge in [0.15, 0.2) is 12.4 Å². The zero-order chi connectivity index (χ0) is 21.1. The first kappa shape index (κ1) is 20.7. The van der Waals surface area contributed by atoms with Gasteiger partial charge in [-0.2, -0.15) is 4.31 Å². The van der Waals surface area contributed by atoms with Gasteiger partial charge in [0, 0.05) is 31.0 Å². The van der Waals surface area contributed by atoms with Crippen LogP contribution >= 0.6 is 0 Å². The van der Waals surface area contributed by atoms with Gasteiger partial charge in [0.05, 0.1) is 5.92 Å². The summed E-state index contributed by atoms with van der Waals surface area (Å²) in [5, 5.41) is 0. The van der Waals surface area contributed by atoms with Crippen LogP contribution in [0.25, 0.3) is 0 Å². The van der Waals surface area contributed by atoms with Crippen LogP contribution in [0.1, 0.15) is 40.7 Å². The number of pyridine rings is 1. The summed E-state index contributed by atoms with van der Waals surface area (Å²) in [6, 6.07) is 8.76. The molecule has 1 aromatic carbocycles. The van der Waals surface area contributed by atoms with Crippen molar-refractivity contribution in [3.05, 3.63) is 59.4 Å². The van der Waals surface area contributed by atoms with Gasteiger partial charge < -0.3 is 4.74 Å². The molecule has 0 spiro atoms. The summed E-state index contributed by atoms with van der Waals surface area (Å²) in [5.74, 6) is -1.06. The van der Waals surface area contributed by atoms with E-state index in [-0.39, 0.29) is 30.4 Å². The smallest absolute Gasteiger partial charge is 0.309 e. The average Bonchev–Trinajstić information content (AvgIpc) is 3.26. The topological polar surface area (TPSA) is 93.6 Å². The number of aromatic nitrogens is 1. The second kappa shape index (κ2) is 8.65. The van der Waals surface area contributed by atoms with Gasteiger partial charge in [0.1, 0.15) is 4.90 Å². The van der Waals surface area contributed by atoms with Crippen molar-refractivity contribution >= 4 is 21.8 Å². The zero-order valence-corrected chi connectivity index (χ0v) is 17.4. The van der Waals surface area contributed by atoms with Crippen LogP contribution in [-0.4, -0.2) is 49.2 Å². The molecule has 0 bridgehead atoms. The molecule has 158 valence electrons. The van der Waals surface area contributed by atoms with E-state index in [0.717, 1.165) is 19.3 Å². The molecule has 2 heterocycles. The first-order valence-corrected chi connectivity index (χ1v) is 11.6. The average molecular weight is 429 g/mol. The fraction of sp³-hybridized carbons (Fsp3) is 0.409. The molecule has 0 atom stereocenters. The Labute approximate surface area is 176 Å². The number of sulfonamides is 1. The fourth-order valence-electron chi connectivity index (χ4n) is 4.06. The van der Waals surface area contributed by atoms with Gasteiger partial charge in [-0.05, 0) is 61.4 Å². The maximum Gasteiger partial charge on any atom is 0.309 e. The van der Waals surface area contributed by atoms with Crippen LogP contribution < -0.4 is 0 Å². The molecule has 0 unspecified atom stereocenters. The number of carbonyl (C=O) groups is 2. The molecule has 2 aromatic rings. The van der Waals surface area contributed by atoms with E-state index in [2.05, 4.69) is 4.98 Å². The number of ether oxygens (including phenoxy) is 1. The van der Waals surface area contributed by atoms with E-state index in [9.17, 15) is 18.0 Å². The quantitative estimate of drug-likeness (QED) is 0.518. The molecule has 8 heteroatoms. The number of fused-ring (bicyclic) bond motifs is 1. The first-order chi connectivity index (χ1) is 14.4. The van der Waals surface area contributed by atoms with Crippen molar-refractivity contribution in [2.45, 2.75) is 37.0 Å². The summed E-state index contributed by atoms with van der Waals surface area (Å²) >= 11 is 0. The Morgan fingerprint density at radius 3 is 2.60 bits per heavy atom. The highest BCUT2D eigenvalue weighted by molar-refractivity contribution is 7.89. The number of hydrogen-bond donors (Lipinski definition) is 0. The third-order valence-electron chi connectivity index (χ3n) is 5.83. The molecule has 0 radical (unpaired) electrons. The van der Waals surface area contributed by atoms with Crippen LogP contribution in [0.2, 0.25) is 0 Å². The number of aryl methyl sites for hydroxylation is 2. The van der Waals surface area contributed by atoms with Crippen molar-refractivity contribution in [3.63, 3.8) is 0 Å². The Morgan fingerprint density at radius 1 is 1.10 bits per heavy atom. The van der Waals surface area contributed by atoms with Crippen LogP contribution in [0, 0.1) is 5.92 Å². The Balaban J connectivity index is 1.29. The number of hydrogen-bond acceptors (Lipinski definition) is 6. The number of piperidine rings is 1. The molecule has 1 fully saturated rings. The number of nitrogens with zero attached hydrogens (tertiary/aromatic N) is 2. The Hall–Kier alpha value is -2.58. The van der Waals surface area contributed by atoms with Crippen molar-refractivity contribution in [2.24, 2.45) is 5.92 Å². The minimum absolute atomic E-state index is 0.144. The van der Waals surface area contributed by atoms with Crippen LogP contribution in [0.3, 0.4) is 0 Å². The summed E-state index contributed by atoms with van der Waals surface area (Å²) in [7, 11) is -3.61. The van der Waals surface area contributed by atoms with Gasteiger partial charge in [0.25, 0.3) is 0 Å². The van der Waals surface area contributed by atoms with E-state index in [1.807, 2.05) is 12.1 Å². The Kier molecular flexibility index (Phi) is 5.97. The monoisotopic (exact) mass is 428 g/mol. The predicted octanol–water partition coefficient (Wildman–Crippen LogP) is 2.40. The van der Waals surface area contributed by atoms with Crippen LogP contribution in [0.4, 0.5) is 0 Å². The van der Waals surface area contributed by atoms with Crippen molar-refractivity contribution in [3.8, 4) is 0 Å². The van der Waals surface area contributed by atoms with Crippen LogP contribution in [0.5, 0.6) is 0 Å². The van der Waals surface area contributed by atoms with E-state index in [1.54, 1.807) is 12.1 Å². The molecule has 1 aromatic heterocycles. The minimum atomic E-state index is -3.61. The van der Waals surface area contributed by atoms with Crippen LogP contribution in [-0.2, 0) is 32.4 Å². The van der Waals surface area contributed by atoms with Gasteiger partial charge in [-0.1, -0.05) is 12.1 Å². The zero-order valence-electron chi connectivity index (χ0n) is 16.6. The molecule has 4 rings (SSSR count). The van der Waals surface area contributed by atoms with E-state index in [4.69, 9.17) is 4.74 Å².